The Morgan fingerprint density at radius 2 is 1.76 bits per heavy atom. The minimum absolute atomic E-state index is 0.0958. The molecule has 1 aliphatic rings. The Labute approximate surface area is 159 Å². The highest BCUT2D eigenvalue weighted by molar-refractivity contribution is 6.36. The second kappa shape index (κ2) is 7.12. The highest BCUT2D eigenvalue weighted by atomic mass is 35.5. The molecule has 130 valence electrons. The fourth-order valence-corrected chi connectivity index (χ4v) is 3.39. The largest absolute Gasteiger partial charge is 0.512 e. The number of carboxylic acid groups (broad SMARTS) is 1. The molecule has 0 radical (unpaired) electrons. The number of rotatable bonds is 2. The van der Waals surface area contributed by atoms with Crippen LogP contribution in [0.1, 0.15) is 18.5 Å². The van der Waals surface area contributed by atoms with Gasteiger partial charge in [0.05, 0.1) is 22.7 Å². The van der Waals surface area contributed by atoms with E-state index in [1.165, 1.54) is 0 Å². The summed E-state index contributed by atoms with van der Waals surface area (Å²) in [5.41, 5.74) is 1.50. The molecule has 2 atom stereocenters. The summed E-state index contributed by atoms with van der Waals surface area (Å²) in [5.74, 6) is -0.220. The molecule has 1 aliphatic heterocycles. The van der Waals surface area contributed by atoms with Gasteiger partial charge in [0.2, 0.25) is 5.90 Å². The fourth-order valence-electron chi connectivity index (χ4n) is 2.77. The van der Waals surface area contributed by atoms with Gasteiger partial charge < -0.3 is 9.84 Å². The average molecular weight is 400 g/mol. The highest BCUT2D eigenvalue weighted by Crippen LogP contribution is 2.42. The number of ether oxygens (including phenoxy) is 1. The van der Waals surface area contributed by atoms with Crippen LogP contribution in [0, 0.1) is 5.92 Å². The van der Waals surface area contributed by atoms with Crippen molar-refractivity contribution in [2.24, 2.45) is 11.0 Å². The number of hydrogen-bond acceptors (Lipinski definition) is 4. The van der Waals surface area contributed by atoms with Crippen molar-refractivity contribution in [1.29, 1.82) is 0 Å². The molecule has 0 amide bonds. The zero-order valence-corrected chi connectivity index (χ0v) is 15.3. The van der Waals surface area contributed by atoms with Crippen LogP contribution in [0.15, 0.2) is 47.6 Å². The van der Waals surface area contributed by atoms with Crippen LogP contribution in [0.5, 0.6) is 0 Å². The van der Waals surface area contributed by atoms with E-state index in [4.69, 9.17) is 44.6 Å². The lowest BCUT2D eigenvalue weighted by Gasteiger charge is -2.27. The first-order valence-corrected chi connectivity index (χ1v) is 8.49. The summed E-state index contributed by atoms with van der Waals surface area (Å²) in [5, 5.41) is 16.4. The maximum Gasteiger partial charge on any atom is 0.512 e. The molecule has 25 heavy (non-hydrogen) atoms. The SMILES string of the molecule is C[C@@H]1C(OC(=O)O)=NN(c2ccc(Cl)cc2Cl)[C@@H]1c1ccc(Cl)cc1. The van der Waals surface area contributed by atoms with Crippen molar-refractivity contribution in [3.05, 3.63) is 63.1 Å². The van der Waals surface area contributed by atoms with Crippen molar-refractivity contribution >= 4 is 52.5 Å². The molecule has 0 fully saturated rings. The van der Waals surface area contributed by atoms with Gasteiger partial charge in [0.1, 0.15) is 0 Å². The zero-order valence-electron chi connectivity index (χ0n) is 13.0. The summed E-state index contributed by atoms with van der Waals surface area (Å²) >= 11 is 18.2. The summed E-state index contributed by atoms with van der Waals surface area (Å²) < 4.78 is 4.84. The molecule has 0 saturated heterocycles. The number of hydrogen-bond donors (Lipinski definition) is 1. The van der Waals surface area contributed by atoms with Gasteiger partial charge in [0.25, 0.3) is 0 Å². The van der Waals surface area contributed by atoms with E-state index in [2.05, 4.69) is 5.10 Å². The van der Waals surface area contributed by atoms with E-state index >= 15 is 0 Å². The maximum atomic E-state index is 11.0. The Hall–Kier alpha value is -1.95. The molecule has 2 aromatic rings. The third-order valence-electron chi connectivity index (χ3n) is 3.89. The first-order valence-electron chi connectivity index (χ1n) is 7.36. The van der Waals surface area contributed by atoms with Crippen LogP contribution < -0.4 is 5.01 Å². The van der Waals surface area contributed by atoms with Crippen LogP contribution >= 0.6 is 34.8 Å². The lowest BCUT2D eigenvalue weighted by molar-refractivity contribution is 0.138. The third-order valence-corrected chi connectivity index (χ3v) is 4.68. The van der Waals surface area contributed by atoms with Crippen LogP contribution in [-0.2, 0) is 4.74 Å². The van der Waals surface area contributed by atoms with Gasteiger partial charge in [0.15, 0.2) is 0 Å². The number of anilines is 1. The van der Waals surface area contributed by atoms with Gasteiger partial charge in [-0.25, -0.2) is 4.79 Å². The summed E-state index contributed by atoms with van der Waals surface area (Å²) in [4.78, 5) is 11.0. The summed E-state index contributed by atoms with van der Waals surface area (Å²) in [6.45, 7) is 1.84. The lowest BCUT2D eigenvalue weighted by Crippen LogP contribution is -2.25. The van der Waals surface area contributed by atoms with Crippen LogP contribution in [0.2, 0.25) is 15.1 Å². The summed E-state index contributed by atoms with van der Waals surface area (Å²) in [6, 6.07) is 12.0. The maximum absolute atomic E-state index is 11.0. The molecule has 0 saturated carbocycles. The van der Waals surface area contributed by atoms with Crippen LogP contribution in [0.3, 0.4) is 0 Å². The zero-order chi connectivity index (χ0) is 18.1. The molecular weight excluding hydrogens is 387 g/mol. The summed E-state index contributed by atoms with van der Waals surface area (Å²) in [7, 11) is 0. The molecule has 1 N–H and O–H groups in total. The second-order valence-electron chi connectivity index (χ2n) is 5.53. The molecule has 3 rings (SSSR count). The Bertz CT molecular complexity index is 840. The van der Waals surface area contributed by atoms with E-state index in [0.29, 0.717) is 20.8 Å². The molecule has 0 bridgehead atoms. The second-order valence-corrected chi connectivity index (χ2v) is 6.81. The predicted molar refractivity (Wildman–Crippen MR) is 98.8 cm³/mol. The van der Waals surface area contributed by atoms with E-state index in [-0.39, 0.29) is 17.9 Å². The molecule has 0 aromatic heterocycles. The number of hydrazone groups is 1. The van der Waals surface area contributed by atoms with E-state index in [1.54, 1.807) is 35.3 Å². The molecule has 8 heteroatoms. The van der Waals surface area contributed by atoms with Crippen molar-refractivity contribution in [2.75, 3.05) is 5.01 Å². The van der Waals surface area contributed by atoms with Gasteiger partial charge in [-0.15, -0.1) is 5.10 Å². The topological polar surface area (TPSA) is 62.1 Å². The molecule has 0 unspecified atom stereocenters. The van der Waals surface area contributed by atoms with Crippen molar-refractivity contribution in [3.63, 3.8) is 0 Å². The average Bonchev–Trinajstić information content (AvgIpc) is 2.84. The quantitative estimate of drug-likeness (QED) is 0.643. The lowest BCUT2D eigenvalue weighted by atomic mass is 9.94. The predicted octanol–water partition coefficient (Wildman–Crippen LogP) is 5.85. The monoisotopic (exact) mass is 398 g/mol. The van der Waals surface area contributed by atoms with E-state index in [1.807, 2.05) is 19.1 Å². The van der Waals surface area contributed by atoms with Crippen molar-refractivity contribution in [1.82, 2.24) is 0 Å². The number of carbonyl (C=O) groups is 1. The molecule has 1 heterocycles. The normalized spacial score (nSPS) is 19.7. The number of benzene rings is 2. The van der Waals surface area contributed by atoms with E-state index < -0.39 is 6.16 Å². The van der Waals surface area contributed by atoms with Gasteiger partial charge in [-0.2, -0.15) is 0 Å². The number of nitrogens with zero attached hydrogens (tertiary/aromatic N) is 2. The third kappa shape index (κ3) is 3.68. The van der Waals surface area contributed by atoms with Crippen LogP contribution in [0.25, 0.3) is 0 Å². The Morgan fingerprint density at radius 1 is 1.12 bits per heavy atom. The van der Waals surface area contributed by atoms with Crippen molar-refractivity contribution in [2.45, 2.75) is 13.0 Å². The Balaban J connectivity index is 2.07. The standard InChI is InChI=1S/C17H13Cl3N2O3/c1-9-15(10-2-4-11(18)5-3-10)22(21-16(9)25-17(23)24)14-7-6-12(19)8-13(14)20/h2-9,15H,1H3,(H,23,24)/t9-,15-/m0/s1. The molecule has 0 aliphatic carbocycles. The van der Waals surface area contributed by atoms with E-state index in [0.717, 1.165) is 5.56 Å². The van der Waals surface area contributed by atoms with Gasteiger partial charge >= 0.3 is 6.16 Å². The minimum Gasteiger partial charge on any atom is -0.449 e. The molecular formula is C17H13Cl3N2O3. The molecule has 2 aromatic carbocycles. The van der Waals surface area contributed by atoms with Crippen molar-refractivity contribution in [3.8, 4) is 0 Å². The smallest absolute Gasteiger partial charge is 0.449 e. The number of halogens is 3. The molecule has 0 spiro atoms. The van der Waals surface area contributed by atoms with Crippen LogP contribution in [-0.4, -0.2) is 17.2 Å². The van der Waals surface area contributed by atoms with Crippen LogP contribution in [0.4, 0.5) is 10.5 Å². The van der Waals surface area contributed by atoms with Gasteiger partial charge in [-0.3, -0.25) is 5.01 Å². The van der Waals surface area contributed by atoms with Crippen molar-refractivity contribution < 1.29 is 14.6 Å². The molecule has 5 nitrogen and oxygen atoms in total. The first-order chi connectivity index (χ1) is 11.9. The van der Waals surface area contributed by atoms with Gasteiger partial charge in [-0.1, -0.05) is 53.9 Å². The first kappa shape index (κ1) is 17.9. The van der Waals surface area contributed by atoms with Gasteiger partial charge in [0, 0.05) is 10.0 Å². The Kier molecular flexibility index (Phi) is 5.08. The fraction of sp³-hybridized carbons (Fsp3) is 0.176. The summed E-state index contributed by atoms with van der Waals surface area (Å²) in [6.07, 6.45) is -1.41. The van der Waals surface area contributed by atoms with E-state index in [9.17, 15) is 4.79 Å². The highest BCUT2D eigenvalue weighted by Gasteiger charge is 2.39. The minimum atomic E-state index is -1.41. The van der Waals surface area contributed by atoms with Gasteiger partial charge in [-0.05, 0) is 35.9 Å². The Morgan fingerprint density at radius 3 is 2.36 bits per heavy atom.